The minimum Gasteiger partial charge on any atom is -0.394 e. The van der Waals surface area contributed by atoms with Crippen LogP contribution in [-0.4, -0.2) is 67.2 Å². The number of aliphatic hydroxyl groups excluding tert-OH is 1. The molecule has 9 heteroatoms. The Bertz CT molecular complexity index is 772. The predicted molar refractivity (Wildman–Crippen MR) is 100 cm³/mol. The van der Waals surface area contributed by atoms with Gasteiger partial charge in [0.25, 0.3) is 0 Å². The molecule has 0 saturated carbocycles. The molecular weight excluding hydrogens is 334 g/mol. The lowest BCUT2D eigenvalue weighted by molar-refractivity contribution is -0.127. The van der Waals surface area contributed by atoms with Crippen LogP contribution in [0.4, 0.5) is 11.8 Å². The first-order valence-electron chi connectivity index (χ1n) is 9.18. The Hall–Kier alpha value is -2.42. The van der Waals surface area contributed by atoms with E-state index < -0.39 is 0 Å². The molecule has 1 aliphatic heterocycles. The lowest BCUT2D eigenvalue weighted by Gasteiger charge is -2.18. The Morgan fingerprint density at radius 2 is 2.23 bits per heavy atom. The van der Waals surface area contributed by atoms with Crippen LogP contribution in [0.5, 0.6) is 0 Å². The van der Waals surface area contributed by atoms with Gasteiger partial charge in [0.05, 0.1) is 19.0 Å². The molecule has 142 valence electrons. The van der Waals surface area contributed by atoms with Crippen molar-refractivity contribution >= 4 is 28.8 Å². The monoisotopic (exact) mass is 361 g/mol. The van der Waals surface area contributed by atoms with Gasteiger partial charge in [-0.25, -0.2) is 4.98 Å². The molecule has 1 amide bonds. The number of aromatic nitrogens is 4. The highest BCUT2D eigenvalue weighted by molar-refractivity contribution is 5.84. The highest BCUT2D eigenvalue weighted by Gasteiger charge is 2.26. The highest BCUT2D eigenvalue weighted by atomic mass is 16.3. The number of hydrogen-bond acceptors (Lipinski definition) is 7. The molecule has 9 nitrogen and oxygen atoms in total. The van der Waals surface area contributed by atoms with Crippen molar-refractivity contribution in [1.29, 1.82) is 0 Å². The SMILES string of the molecule is CC[C@@H](CO)Nc1nc(N[C@H]2CCN(C(C)=O)C2)c2ncn(CC)c2n1. The van der Waals surface area contributed by atoms with Crippen LogP contribution in [0.15, 0.2) is 6.33 Å². The van der Waals surface area contributed by atoms with Gasteiger partial charge in [-0.1, -0.05) is 6.92 Å². The van der Waals surface area contributed by atoms with E-state index in [0.717, 1.165) is 37.1 Å². The number of carbonyl (C=O) groups is 1. The molecule has 0 radical (unpaired) electrons. The normalized spacial score (nSPS) is 18.3. The minimum absolute atomic E-state index is 0.0178. The molecule has 2 atom stereocenters. The Kier molecular flexibility index (Phi) is 5.55. The van der Waals surface area contributed by atoms with Crippen LogP contribution in [-0.2, 0) is 11.3 Å². The minimum atomic E-state index is -0.0991. The van der Waals surface area contributed by atoms with E-state index in [9.17, 15) is 9.90 Å². The van der Waals surface area contributed by atoms with Crippen LogP contribution in [0.1, 0.15) is 33.6 Å². The molecule has 0 bridgehead atoms. The summed E-state index contributed by atoms with van der Waals surface area (Å²) in [7, 11) is 0. The highest BCUT2D eigenvalue weighted by Crippen LogP contribution is 2.24. The number of carbonyl (C=O) groups excluding carboxylic acids is 1. The fourth-order valence-electron chi connectivity index (χ4n) is 3.16. The van der Waals surface area contributed by atoms with Crippen molar-refractivity contribution in [3.63, 3.8) is 0 Å². The van der Waals surface area contributed by atoms with Crippen molar-refractivity contribution in [2.75, 3.05) is 30.3 Å². The third kappa shape index (κ3) is 3.72. The lowest BCUT2D eigenvalue weighted by Crippen LogP contribution is -2.30. The molecule has 0 aliphatic carbocycles. The molecular formula is C17H27N7O2. The average Bonchev–Trinajstić information content (AvgIpc) is 3.26. The molecule has 0 unspecified atom stereocenters. The zero-order valence-corrected chi connectivity index (χ0v) is 15.6. The molecule has 3 N–H and O–H groups in total. The van der Waals surface area contributed by atoms with Gasteiger partial charge in [0.15, 0.2) is 17.0 Å². The van der Waals surface area contributed by atoms with Gasteiger partial charge in [-0.05, 0) is 19.8 Å². The number of aliphatic hydroxyl groups is 1. The van der Waals surface area contributed by atoms with Crippen LogP contribution in [0.3, 0.4) is 0 Å². The summed E-state index contributed by atoms with van der Waals surface area (Å²) in [5.74, 6) is 1.22. The van der Waals surface area contributed by atoms with Gasteiger partial charge in [0.1, 0.15) is 0 Å². The first-order chi connectivity index (χ1) is 12.5. The first kappa shape index (κ1) is 18.4. The first-order valence-corrected chi connectivity index (χ1v) is 9.18. The zero-order valence-electron chi connectivity index (χ0n) is 15.6. The Labute approximate surface area is 152 Å². The van der Waals surface area contributed by atoms with Crippen LogP contribution in [0.2, 0.25) is 0 Å². The molecule has 1 fully saturated rings. The fourth-order valence-corrected chi connectivity index (χ4v) is 3.16. The predicted octanol–water partition coefficient (Wildman–Crippen LogP) is 1.06. The molecule has 0 aromatic carbocycles. The Morgan fingerprint density at radius 1 is 1.42 bits per heavy atom. The number of imidazole rings is 1. The maximum Gasteiger partial charge on any atom is 0.227 e. The average molecular weight is 361 g/mol. The number of hydrogen-bond donors (Lipinski definition) is 3. The van der Waals surface area contributed by atoms with Crippen molar-refractivity contribution in [3.8, 4) is 0 Å². The molecule has 0 spiro atoms. The van der Waals surface area contributed by atoms with Crippen molar-refractivity contribution in [2.24, 2.45) is 0 Å². The van der Waals surface area contributed by atoms with Gasteiger partial charge in [-0.15, -0.1) is 0 Å². The van der Waals surface area contributed by atoms with E-state index in [4.69, 9.17) is 0 Å². The zero-order chi connectivity index (χ0) is 18.7. The number of likely N-dealkylation sites (tertiary alicyclic amines) is 1. The quantitative estimate of drug-likeness (QED) is 0.677. The van der Waals surface area contributed by atoms with E-state index in [-0.39, 0.29) is 24.6 Å². The lowest BCUT2D eigenvalue weighted by atomic mass is 10.2. The van der Waals surface area contributed by atoms with Crippen LogP contribution >= 0.6 is 0 Å². The number of nitrogens with zero attached hydrogens (tertiary/aromatic N) is 5. The number of aryl methyl sites for hydroxylation is 1. The third-order valence-electron chi connectivity index (χ3n) is 4.83. The smallest absolute Gasteiger partial charge is 0.227 e. The van der Waals surface area contributed by atoms with Crippen LogP contribution < -0.4 is 10.6 Å². The van der Waals surface area contributed by atoms with Crippen molar-refractivity contribution < 1.29 is 9.90 Å². The molecule has 2 aromatic heterocycles. The second kappa shape index (κ2) is 7.86. The number of amides is 1. The van der Waals surface area contributed by atoms with Crippen LogP contribution in [0, 0.1) is 0 Å². The van der Waals surface area contributed by atoms with Gasteiger partial charge in [-0.2, -0.15) is 9.97 Å². The van der Waals surface area contributed by atoms with E-state index in [1.807, 2.05) is 23.3 Å². The van der Waals surface area contributed by atoms with Crippen LogP contribution in [0.25, 0.3) is 11.2 Å². The molecule has 3 heterocycles. The number of nitrogens with one attached hydrogen (secondary N) is 2. The summed E-state index contributed by atoms with van der Waals surface area (Å²) in [6, 6.07) is 0.0365. The Balaban J connectivity index is 1.90. The molecule has 26 heavy (non-hydrogen) atoms. The summed E-state index contributed by atoms with van der Waals surface area (Å²) in [6.07, 6.45) is 3.40. The number of fused-ring (bicyclic) bond motifs is 1. The second-order valence-electron chi connectivity index (χ2n) is 6.63. The van der Waals surface area contributed by atoms with Crippen molar-refractivity contribution in [2.45, 2.75) is 52.2 Å². The van der Waals surface area contributed by atoms with Crippen molar-refractivity contribution in [3.05, 3.63) is 6.33 Å². The molecule has 3 rings (SSSR count). The maximum absolute atomic E-state index is 11.6. The third-order valence-corrected chi connectivity index (χ3v) is 4.83. The van der Waals surface area contributed by atoms with E-state index in [0.29, 0.717) is 18.3 Å². The van der Waals surface area contributed by atoms with E-state index in [1.54, 1.807) is 13.3 Å². The molecule has 1 aliphatic rings. The van der Waals surface area contributed by atoms with Gasteiger partial charge in [0.2, 0.25) is 11.9 Å². The summed E-state index contributed by atoms with van der Waals surface area (Å²) in [4.78, 5) is 27.0. The van der Waals surface area contributed by atoms with Gasteiger partial charge < -0.3 is 25.2 Å². The molecule has 1 saturated heterocycles. The molecule has 2 aromatic rings. The standard InChI is InChI=1S/C17H27N7O2/c1-4-12(9-25)20-17-21-15(14-16(22-17)23(5-2)10-18-14)19-13-6-7-24(8-13)11(3)26/h10,12-13,25H,4-9H2,1-3H3,(H2,19,20,21,22)/t12-,13-/m0/s1. The topological polar surface area (TPSA) is 108 Å². The van der Waals surface area contributed by atoms with E-state index in [2.05, 4.69) is 25.6 Å². The number of rotatable bonds is 7. The van der Waals surface area contributed by atoms with E-state index >= 15 is 0 Å². The summed E-state index contributed by atoms with van der Waals surface area (Å²) in [5.41, 5.74) is 1.47. The Morgan fingerprint density at radius 3 is 2.85 bits per heavy atom. The fraction of sp³-hybridized carbons (Fsp3) is 0.647. The van der Waals surface area contributed by atoms with Gasteiger partial charge >= 0.3 is 0 Å². The summed E-state index contributed by atoms with van der Waals surface area (Å²) < 4.78 is 1.96. The maximum atomic E-state index is 11.6. The van der Waals surface area contributed by atoms with Crippen molar-refractivity contribution in [1.82, 2.24) is 24.4 Å². The second-order valence-corrected chi connectivity index (χ2v) is 6.63. The largest absolute Gasteiger partial charge is 0.394 e. The van der Waals surface area contributed by atoms with Gasteiger partial charge in [-0.3, -0.25) is 4.79 Å². The summed E-state index contributed by atoms with van der Waals surface area (Å²) in [5, 5.41) is 16.1. The van der Waals surface area contributed by atoms with E-state index in [1.165, 1.54) is 0 Å². The number of anilines is 2. The van der Waals surface area contributed by atoms with Gasteiger partial charge in [0, 0.05) is 32.6 Å². The summed E-state index contributed by atoms with van der Waals surface area (Å²) in [6.45, 7) is 7.81. The summed E-state index contributed by atoms with van der Waals surface area (Å²) >= 11 is 0.